The van der Waals surface area contributed by atoms with Gasteiger partial charge in [0.1, 0.15) is 0 Å². The molecular weight excluding hydrogens is 540 g/mol. The number of hydrogen-bond acceptors (Lipinski definition) is 9. The third kappa shape index (κ3) is 12.8. The molecule has 2 rings (SSSR count). The SMILES string of the molecule is COCCCOc1cc(C[C@@H](C[C@H](NC(=O)OC(C)OC(=O)C(C)C)[C@@H](O)CN2CCCCC2)C(C)C)ccc1OC. The summed E-state index contributed by atoms with van der Waals surface area (Å²) < 4.78 is 27.1. The predicted octanol–water partition coefficient (Wildman–Crippen LogP) is 4.80. The Kier molecular flexibility index (Phi) is 16.0. The number of nitrogens with zero attached hydrogens (tertiary/aromatic N) is 1. The van der Waals surface area contributed by atoms with Crippen LogP contribution in [0, 0.1) is 17.8 Å². The molecule has 0 saturated carbocycles. The Labute approximate surface area is 252 Å². The molecule has 10 heteroatoms. The van der Waals surface area contributed by atoms with Gasteiger partial charge < -0.3 is 39.0 Å². The fraction of sp³-hybridized carbons (Fsp3) is 0.750. The highest BCUT2D eigenvalue weighted by Crippen LogP contribution is 2.31. The molecular formula is C32H54N2O8. The Bertz CT molecular complexity index is 935. The van der Waals surface area contributed by atoms with Crippen molar-refractivity contribution in [2.75, 3.05) is 47.1 Å². The number of alkyl carbamates (subject to hydrolysis) is 1. The van der Waals surface area contributed by atoms with Gasteiger partial charge in [0.25, 0.3) is 0 Å². The van der Waals surface area contributed by atoms with E-state index in [1.54, 1.807) is 28.1 Å². The lowest BCUT2D eigenvalue weighted by atomic mass is 9.83. The number of piperidine rings is 1. The van der Waals surface area contributed by atoms with Crippen LogP contribution in [0.1, 0.15) is 72.3 Å². The van der Waals surface area contributed by atoms with Gasteiger partial charge in [0.15, 0.2) is 11.5 Å². The number of aliphatic hydroxyl groups is 1. The van der Waals surface area contributed by atoms with E-state index < -0.39 is 30.5 Å². The molecule has 1 heterocycles. The maximum absolute atomic E-state index is 12.9. The van der Waals surface area contributed by atoms with E-state index >= 15 is 0 Å². The van der Waals surface area contributed by atoms with E-state index in [0.717, 1.165) is 44.3 Å². The van der Waals surface area contributed by atoms with Crippen LogP contribution in [0.25, 0.3) is 0 Å². The summed E-state index contributed by atoms with van der Waals surface area (Å²) >= 11 is 0. The number of aliphatic hydroxyl groups excluding tert-OH is 1. The Balaban J connectivity index is 2.17. The van der Waals surface area contributed by atoms with Gasteiger partial charge in [-0.1, -0.05) is 40.2 Å². The minimum atomic E-state index is -1.04. The van der Waals surface area contributed by atoms with Gasteiger partial charge in [-0.3, -0.25) is 4.79 Å². The highest BCUT2D eigenvalue weighted by atomic mass is 16.7. The summed E-state index contributed by atoms with van der Waals surface area (Å²) in [6, 6.07) is 5.40. The molecule has 1 unspecified atom stereocenters. The third-order valence-electron chi connectivity index (χ3n) is 7.66. The van der Waals surface area contributed by atoms with E-state index in [4.69, 9.17) is 23.7 Å². The van der Waals surface area contributed by atoms with Crippen LogP contribution in [0.15, 0.2) is 18.2 Å². The summed E-state index contributed by atoms with van der Waals surface area (Å²) in [4.78, 5) is 27.1. The second-order valence-corrected chi connectivity index (χ2v) is 11.9. The van der Waals surface area contributed by atoms with E-state index in [-0.39, 0.29) is 17.8 Å². The minimum Gasteiger partial charge on any atom is -0.493 e. The van der Waals surface area contributed by atoms with Crippen molar-refractivity contribution in [3.63, 3.8) is 0 Å². The fourth-order valence-electron chi connectivity index (χ4n) is 5.07. The first-order valence-corrected chi connectivity index (χ1v) is 15.4. The molecule has 4 atom stereocenters. The first kappa shape index (κ1) is 35.6. The number of hydrogen-bond donors (Lipinski definition) is 2. The third-order valence-corrected chi connectivity index (χ3v) is 7.66. The van der Waals surface area contributed by atoms with E-state index in [2.05, 4.69) is 24.1 Å². The van der Waals surface area contributed by atoms with E-state index in [1.165, 1.54) is 13.3 Å². The predicted molar refractivity (Wildman–Crippen MR) is 162 cm³/mol. The summed E-state index contributed by atoms with van der Waals surface area (Å²) in [6.45, 7) is 12.7. The number of ether oxygens (including phenoxy) is 5. The van der Waals surface area contributed by atoms with Crippen molar-refractivity contribution in [1.29, 1.82) is 0 Å². The summed E-state index contributed by atoms with van der Waals surface area (Å²) in [5, 5.41) is 14.3. The van der Waals surface area contributed by atoms with Crippen molar-refractivity contribution in [3.05, 3.63) is 23.8 Å². The molecule has 1 aliphatic heterocycles. The Morgan fingerprint density at radius 1 is 0.976 bits per heavy atom. The zero-order chi connectivity index (χ0) is 31.1. The minimum absolute atomic E-state index is 0.136. The number of esters is 1. The van der Waals surface area contributed by atoms with Crippen LogP contribution in [0.5, 0.6) is 11.5 Å². The molecule has 0 radical (unpaired) electrons. The number of amides is 1. The largest absolute Gasteiger partial charge is 0.493 e. The molecule has 42 heavy (non-hydrogen) atoms. The molecule has 0 spiro atoms. The van der Waals surface area contributed by atoms with Crippen LogP contribution in [-0.4, -0.2) is 87.6 Å². The topological polar surface area (TPSA) is 116 Å². The number of carbonyl (C=O) groups is 2. The van der Waals surface area contributed by atoms with Crippen molar-refractivity contribution in [2.24, 2.45) is 17.8 Å². The molecule has 1 saturated heterocycles. The molecule has 0 aliphatic carbocycles. The number of rotatable bonds is 18. The molecule has 1 fully saturated rings. The van der Waals surface area contributed by atoms with Crippen LogP contribution in [-0.2, 0) is 25.4 Å². The van der Waals surface area contributed by atoms with Gasteiger partial charge in [-0.05, 0) is 68.3 Å². The van der Waals surface area contributed by atoms with Gasteiger partial charge in [-0.2, -0.15) is 0 Å². The van der Waals surface area contributed by atoms with Gasteiger partial charge in [0, 0.05) is 33.6 Å². The summed E-state index contributed by atoms with van der Waals surface area (Å²) in [5.74, 6) is 0.979. The Morgan fingerprint density at radius 3 is 2.31 bits per heavy atom. The molecule has 1 aliphatic rings. The smallest absolute Gasteiger partial charge is 0.410 e. The summed E-state index contributed by atoms with van der Waals surface area (Å²) in [5.41, 5.74) is 1.08. The molecule has 0 aromatic heterocycles. The number of methoxy groups -OCH3 is 2. The standard InChI is InChI=1S/C32H54N2O8/c1-22(2)26(18-25-12-13-29(39-7)30(19-25)40-17-11-16-38-6)20-27(28(35)21-34-14-9-8-10-15-34)33-32(37)42-24(5)41-31(36)23(3)4/h12-13,19,22-24,26-28,35H,8-11,14-18,20-21H2,1-7H3,(H,33,37)/t24?,26-,27-,28-/m0/s1. The second-order valence-electron chi connectivity index (χ2n) is 11.9. The molecule has 240 valence electrons. The van der Waals surface area contributed by atoms with Crippen molar-refractivity contribution in [2.45, 2.75) is 91.6 Å². The monoisotopic (exact) mass is 594 g/mol. The number of β-amino-alcohol motifs (C(OH)–C–C–N with tert-alkyl or cyclic N) is 1. The maximum atomic E-state index is 12.9. The average molecular weight is 595 g/mol. The van der Waals surface area contributed by atoms with Crippen LogP contribution in [0.2, 0.25) is 0 Å². The number of nitrogens with one attached hydrogen (secondary N) is 1. The Hall–Kier alpha value is -2.56. The normalized spacial score (nSPS) is 16.9. The molecule has 1 aromatic carbocycles. The zero-order valence-electron chi connectivity index (χ0n) is 26.7. The average Bonchev–Trinajstić information content (AvgIpc) is 2.94. The quantitative estimate of drug-likeness (QED) is 0.140. The van der Waals surface area contributed by atoms with Crippen molar-refractivity contribution in [3.8, 4) is 11.5 Å². The molecule has 1 amide bonds. The Morgan fingerprint density at radius 2 is 1.69 bits per heavy atom. The van der Waals surface area contributed by atoms with Crippen LogP contribution < -0.4 is 14.8 Å². The van der Waals surface area contributed by atoms with Gasteiger partial charge in [-0.25, -0.2) is 4.79 Å². The number of likely N-dealkylation sites (tertiary alicyclic amines) is 1. The lowest BCUT2D eigenvalue weighted by molar-refractivity contribution is -0.168. The summed E-state index contributed by atoms with van der Waals surface area (Å²) in [7, 11) is 3.29. The maximum Gasteiger partial charge on any atom is 0.410 e. The van der Waals surface area contributed by atoms with Crippen LogP contribution in [0.4, 0.5) is 4.79 Å². The lowest BCUT2D eigenvalue weighted by Gasteiger charge is -2.34. The van der Waals surface area contributed by atoms with Gasteiger partial charge in [-0.15, -0.1) is 0 Å². The van der Waals surface area contributed by atoms with E-state index in [0.29, 0.717) is 37.7 Å². The molecule has 0 bridgehead atoms. The van der Waals surface area contributed by atoms with E-state index in [1.807, 2.05) is 18.2 Å². The van der Waals surface area contributed by atoms with Crippen LogP contribution in [0.3, 0.4) is 0 Å². The van der Waals surface area contributed by atoms with Crippen molar-refractivity contribution >= 4 is 12.1 Å². The van der Waals surface area contributed by atoms with Gasteiger partial charge >= 0.3 is 12.1 Å². The van der Waals surface area contributed by atoms with E-state index in [9.17, 15) is 14.7 Å². The number of benzene rings is 1. The van der Waals surface area contributed by atoms with Gasteiger partial charge in [0.2, 0.25) is 6.29 Å². The molecule has 1 aromatic rings. The first-order valence-electron chi connectivity index (χ1n) is 15.4. The molecule has 2 N–H and O–H groups in total. The lowest BCUT2D eigenvalue weighted by Crippen LogP contribution is -2.51. The van der Waals surface area contributed by atoms with Gasteiger partial charge in [0.05, 0.1) is 31.8 Å². The molecule has 10 nitrogen and oxygen atoms in total. The second kappa shape index (κ2) is 18.9. The number of carbonyl (C=O) groups excluding carboxylic acids is 2. The zero-order valence-corrected chi connectivity index (χ0v) is 26.7. The highest BCUT2D eigenvalue weighted by Gasteiger charge is 2.30. The first-order chi connectivity index (χ1) is 20.0. The van der Waals surface area contributed by atoms with Crippen molar-refractivity contribution in [1.82, 2.24) is 10.2 Å². The van der Waals surface area contributed by atoms with Crippen LogP contribution >= 0.6 is 0 Å². The summed E-state index contributed by atoms with van der Waals surface area (Å²) in [6.07, 6.45) is 2.89. The van der Waals surface area contributed by atoms with Crippen molar-refractivity contribution < 1.29 is 38.4 Å². The highest BCUT2D eigenvalue weighted by molar-refractivity contribution is 5.72. The fourth-order valence-corrected chi connectivity index (χ4v) is 5.07.